The Kier molecular flexibility index (Phi) is 5.77. The predicted molar refractivity (Wildman–Crippen MR) is 148 cm³/mol. The molecule has 0 radical (unpaired) electrons. The van der Waals surface area contributed by atoms with Gasteiger partial charge in [-0.3, -0.25) is 29.8 Å². The number of H-pyrrole nitrogens is 2. The summed E-state index contributed by atoms with van der Waals surface area (Å²) in [5, 5.41) is 11.5. The van der Waals surface area contributed by atoms with Crippen molar-refractivity contribution in [1.29, 1.82) is 0 Å². The minimum Gasteiger partial charge on any atom is -0.335 e. The number of anilines is 1. The van der Waals surface area contributed by atoms with Gasteiger partial charge in [0.2, 0.25) is 5.91 Å². The molecule has 1 saturated carbocycles. The summed E-state index contributed by atoms with van der Waals surface area (Å²) in [5.41, 5.74) is 7.20. The number of hydrogen-bond acceptors (Lipinski definition) is 7. The summed E-state index contributed by atoms with van der Waals surface area (Å²) >= 11 is 0. The average Bonchev–Trinajstić information content (AvgIpc) is 3.62. The number of carbonyl (C=O) groups excluding carboxylic acids is 1. The molecule has 1 aliphatic rings. The standard InChI is InChI=1S/C29H25N9O/c39-29(18-4-2-1-3-5-18)34-20-10-19(12-31-13-20)23-11-21-24(16-33-23)37-38-27(21)28-35-25-15-32-14-22(26(25)36-28)17-6-8-30-9-7-17/h6-16,18H,1-5H2,(H,34,39)(H,35,36)(H,37,38). The molecule has 7 rings (SSSR count). The molecule has 1 fully saturated rings. The second-order valence-electron chi connectivity index (χ2n) is 9.88. The first kappa shape index (κ1) is 23.2. The van der Waals surface area contributed by atoms with E-state index in [9.17, 15) is 4.79 Å². The monoisotopic (exact) mass is 515 g/mol. The summed E-state index contributed by atoms with van der Waals surface area (Å²) in [5.74, 6) is 0.770. The average molecular weight is 516 g/mol. The number of carbonyl (C=O) groups is 1. The number of imidazole rings is 1. The van der Waals surface area contributed by atoms with Crippen LogP contribution in [0, 0.1) is 5.92 Å². The molecule has 39 heavy (non-hydrogen) atoms. The third-order valence-electron chi connectivity index (χ3n) is 7.33. The first-order chi connectivity index (χ1) is 19.2. The lowest BCUT2D eigenvalue weighted by molar-refractivity contribution is -0.120. The van der Waals surface area contributed by atoms with Crippen LogP contribution in [0.3, 0.4) is 0 Å². The van der Waals surface area contributed by atoms with Crippen molar-refractivity contribution in [3.05, 3.63) is 67.6 Å². The molecule has 0 atom stereocenters. The van der Waals surface area contributed by atoms with Gasteiger partial charge in [0, 0.05) is 47.2 Å². The molecule has 1 amide bonds. The van der Waals surface area contributed by atoms with Gasteiger partial charge in [-0.1, -0.05) is 19.3 Å². The van der Waals surface area contributed by atoms with Gasteiger partial charge in [-0.2, -0.15) is 5.10 Å². The first-order valence-electron chi connectivity index (χ1n) is 13.1. The van der Waals surface area contributed by atoms with Crippen LogP contribution in [0.25, 0.3) is 55.8 Å². The summed E-state index contributed by atoms with van der Waals surface area (Å²) in [6.07, 6.45) is 17.6. The first-order valence-corrected chi connectivity index (χ1v) is 13.1. The van der Waals surface area contributed by atoms with Crippen molar-refractivity contribution in [2.45, 2.75) is 32.1 Å². The summed E-state index contributed by atoms with van der Waals surface area (Å²) in [6, 6.07) is 7.75. The molecule has 6 aromatic heterocycles. The van der Waals surface area contributed by atoms with Gasteiger partial charge in [-0.25, -0.2) is 4.98 Å². The normalized spacial score (nSPS) is 14.2. The largest absolute Gasteiger partial charge is 0.335 e. The van der Waals surface area contributed by atoms with Crippen molar-refractivity contribution in [2.75, 3.05) is 5.32 Å². The molecule has 1 aliphatic carbocycles. The zero-order valence-electron chi connectivity index (χ0n) is 21.1. The summed E-state index contributed by atoms with van der Waals surface area (Å²) in [7, 11) is 0. The molecule has 6 heterocycles. The number of fused-ring (bicyclic) bond motifs is 2. The Bertz CT molecular complexity index is 1800. The minimum absolute atomic E-state index is 0.0692. The van der Waals surface area contributed by atoms with Crippen LogP contribution in [0.5, 0.6) is 0 Å². The fourth-order valence-corrected chi connectivity index (χ4v) is 5.30. The van der Waals surface area contributed by atoms with Crippen LogP contribution in [-0.2, 0) is 4.79 Å². The van der Waals surface area contributed by atoms with Crippen molar-refractivity contribution >= 4 is 33.5 Å². The molecule has 0 aliphatic heterocycles. The van der Waals surface area contributed by atoms with E-state index in [0.29, 0.717) is 17.2 Å². The van der Waals surface area contributed by atoms with Gasteiger partial charge in [-0.15, -0.1) is 0 Å². The molecular weight excluding hydrogens is 490 g/mol. The zero-order chi connectivity index (χ0) is 26.2. The maximum atomic E-state index is 12.8. The molecule has 0 unspecified atom stereocenters. The highest BCUT2D eigenvalue weighted by Gasteiger charge is 2.21. The Labute approximate surface area is 223 Å². The van der Waals surface area contributed by atoms with E-state index < -0.39 is 0 Å². The highest BCUT2D eigenvalue weighted by Crippen LogP contribution is 2.32. The van der Waals surface area contributed by atoms with E-state index in [1.54, 1.807) is 43.4 Å². The van der Waals surface area contributed by atoms with E-state index in [4.69, 9.17) is 4.98 Å². The number of aromatic nitrogens is 8. The third kappa shape index (κ3) is 4.39. The Balaban J connectivity index is 1.23. The second-order valence-corrected chi connectivity index (χ2v) is 9.88. The van der Waals surface area contributed by atoms with Gasteiger partial charge >= 0.3 is 0 Å². The Morgan fingerprint density at radius 2 is 1.72 bits per heavy atom. The number of rotatable bonds is 5. The molecular formula is C29H25N9O. The quantitative estimate of drug-likeness (QED) is 0.274. The van der Waals surface area contributed by atoms with Crippen LogP contribution in [-0.4, -0.2) is 46.0 Å². The van der Waals surface area contributed by atoms with E-state index >= 15 is 0 Å². The third-order valence-corrected chi connectivity index (χ3v) is 7.33. The van der Waals surface area contributed by atoms with E-state index in [1.807, 2.05) is 24.3 Å². The topological polar surface area (TPSA) is 138 Å². The molecule has 0 saturated heterocycles. The number of hydrogen-bond donors (Lipinski definition) is 3. The summed E-state index contributed by atoms with van der Waals surface area (Å²) in [6.45, 7) is 0. The minimum atomic E-state index is 0.0692. The number of amides is 1. The van der Waals surface area contributed by atoms with Crippen molar-refractivity contribution in [3.8, 4) is 33.9 Å². The molecule has 10 nitrogen and oxygen atoms in total. The maximum Gasteiger partial charge on any atom is 0.227 e. The smallest absolute Gasteiger partial charge is 0.227 e. The maximum absolute atomic E-state index is 12.8. The van der Waals surface area contributed by atoms with Gasteiger partial charge in [0.15, 0.2) is 5.82 Å². The van der Waals surface area contributed by atoms with Gasteiger partial charge in [0.25, 0.3) is 0 Å². The molecule has 192 valence electrons. The van der Waals surface area contributed by atoms with Gasteiger partial charge in [0.05, 0.1) is 46.5 Å². The van der Waals surface area contributed by atoms with Crippen LogP contribution < -0.4 is 5.32 Å². The SMILES string of the molecule is O=C(Nc1cncc(-c2cc3c(-c4nc5c(-c6ccncc6)cncc5[nH]4)n[nH]c3cn2)c1)C1CCCCC1. The van der Waals surface area contributed by atoms with Crippen LogP contribution in [0.4, 0.5) is 5.69 Å². The van der Waals surface area contributed by atoms with Crippen molar-refractivity contribution in [2.24, 2.45) is 5.92 Å². The van der Waals surface area contributed by atoms with Crippen molar-refractivity contribution in [3.63, 3.8) is 0 Å². The highest BCUT2D eigenvalue weighted by molar-refractivity contribution is 5.97. The molecule has 10 heteroatoms. The second kappa shape index (κ2) is 9.71. The molecule has 3 N–H and O–H groups in total. The van der Waals surface area contributed by atoms with E-state index in [1.165, 1.54) is 6.42 Å². The lowest BCUT2D eigenvalue weighted by Crippen LogP contribution is -2.24. The Morgan fingerprint density at radius 1 is 0.872 bits per heavy atom. The number of nitrogens with one attached hydrogen (secondary N) is 3. The van der Waals surface area contributed by atoms with Crippen LogP contribution in [0.15, 0.2) is 67.6 Å². The molecule has 0 bridgehead atoms. The fraction of sp³-hybridized carbons (Fsp3) is 0.207. The number of nitrogens with zero attached hydrogens (tertiary/aromatic N) is 6. The van der Waals surface area contributed by atoms with Crippen molar-refractivity contribution < 1.29 is 4.79 Å². The predicted octanol–water partition coefficient (Wildman–Crippen LogP) is 5.54. The van der Waals surface area contributed by atoms with Gasteiger partial charge in [-0.05, 0) is 42.7 Å². The Hall–Kier alpha value is -4.99. The van der Waals surface area contributed by atoms with E-state index in [2.05, 4.69) is 40.4 Å². The van der Waals surface area contributed by atoms with Gasteiger partial charge < -0.3 is 10.3 Å². The Morgan fingerprint density at radius 3 is 2.59 bits per heavy atom. The van der Waals surface area contributed by atoms with Crippen LogP contribution in [0.2, 0.25) is 0 Å². The van der Waals surface area contributed by atoms with E-state index in [-0.39, 0.29) is 11.8 Å². The van der Waals surface area contributed by atoms with Crippen LogP contribution >= 0.6 is 0 Å². The number of pyridine rings is 4. The van der Waals surface area contributed by atoms with Gasteiger partial charge in [0.1, 0.15) is 5.69 Å². The summed E-state index contributed by atoms with van der Waals surface area (Å²) in [4.78, 5) is 38.5. The molecule has 0 aromatic carbocycles. The zero-order valence-corrected chi connectivity index (χ0v) is 21.1. The number of aromatic amines is 2. The lowest BCUT2D eigenvalue weighted by Gasteiger charge is -2.20. The van der Waals surface area contributed by atoms with E-state index in [0.717, 1.165) is 70.0 Å². The van der Waals surface area contributed by atoms with Crippen LogP contribution in [0.1, 0.15) is 32.1 Å². The molecule has 6 aromatic rings. The molecule has 0 spiro atoms. The summed E-state index contributed by atoms with van der Waals surface area (Å²) < 4.78 is 0. The highest BCUT2D eigenvalue weighted by atomic mass is 16.1. The van der Waals surface area contributed by atoms with Crippen molar-refractivity contribution in [1.82, 2.24) is 40.1 Å². The fourth-order valence-electron chi connectivity index (χ4n) is 5.30. The lowest BCUT2D eigenvalue weighted by atomic mass is 9.88.